The summed E-state index contributed by atoms with van der Waals surface area (Å²) in [5.74, 6) is 0.127. The summed E-state index contributed by atoms with van der Waals surface area (Å²) >= 11 is 6.20. The van der Waals surface area contributed by atoms with Gasteiger partial charge >= 0.3 is 0 Å². The molecular weight excluding hydrogens is 373 g/mol. The van der Waals surface area contributed by atoms with Crippen molar-refractivity contribution < 1.29 is 9.59 Å². The van der Waals surface area contributed by atoms with Crippen LogP contribution < -0.4 is 16.0 Å². The van der Waals surface area contributed by atoms with E-state index in [0.717, 1.165) is 19.5 Å². The maximum atomic E-state index is 12.6. The highest BCUT2D eigenvalue weighted by Crippen LogP contribution is 2.23. The Kier molecular flexibility index (Phi) is 8.38. The van der Waals surface area contributed by atoms with E-state index >= 15 is 0 Å². The van der Waals surface area contributed by atoms with Crippen LogP contribution in [0.3, 0.4) is 0 Å². The van der Waals surface area contributed by atoms with Gasteiger partial charge < -0.3 is 16.0 Å². The van der Waals surface area contributed by atoms with Crippen LogP contribution in [-0.4, -0.2) is 30.9 Å². The van der Waals surface area contributed by atoms with Crippen LogP contribution in [0.1, 0.15) is 50.9 Å². The van der Waals surface area contributed by atoms with Crippen molar-refractivity contribution in [1.82, 2.24) is 10.6 Å². The Morgan fingerprint density at radius 3 is 2.62 bits per heavy atom. The molecule has 1 fully saturated rings. The molecule has 0 aromatic heterocycles. The summed E-state index contributed by atoms with van der Waals surface area (Å²) in [7, 11) is 0. The average molecular weight is 402 g/mol. The summed E-state index contributed by atoms with van der Waals surface area (Å²) in [5.41, 5.74) is 0.868. The normalized spacial score (nSPS) is 20.0. The molecule has 1 heterocycles. The molecular formula is C19H29Cl2N3O2. The summed E-state index contributed by atoms with van der Waals surface area (Å²) < 4.78 is 0. The zero-order valence-electron chi connectivity index (χ0n) is 15.8. The molecule has 26 heavy (non-hydrogen) atoms. The van der Waals surface area contributed by atoms with E-state index < -0.39 is 0 Å². The highest BCUT2D eigenvalue weighted by Gasteiger charge is 2.24. The van der Waals surface area contributed by atoms with Crippen LogP contribution in [0.25, 0.3) is 0 Å². The molecule has 0 saturated carbocycles. The number of anilines is 1. The van der Waals surface area contributed by atoms with E-state index in [-0.39, 0.29) is 35.7 Å². The summed E-state index contributed by atoms with van der Waals surface area (Å²) in [6, 6.07) is 5.08. The number of hydrogen-bond donors (Lipinski definition) is 3. The molecule has 2 amide bonds. The van der Waals surface area contributed by atoms with Gasteiger partial charge in [0.05, 0.1) is 10.6 Å². The van der Waals surface area contributed by atoms with Crippen molar-refractivity contribution in [3.8, 4) is 0 Å². The average Bonchev–Trinajstić information content (AvgIpc) is 2.49. The molecule has 0 aliphatic carbocycles. The number of carbonyl (C=O) groups excluding carboxylic acids is 2. The largest absolute Gasteiger partial charge is 0.348 e. The molecule has 1 aliphatic heterocycles. The molecule has 2 atom stereocenters. The van der Waals surface area contributed by atoms with Crippen LogP contribution in [0.5, 0.6) is 0 Å². The molecule has 0 bridgehead atoms. The maximum Gasteiger partial charge on any atom is 0.253 e. The Morgan fingerprint density at radius 2 is 2.00 bits per heavy atom. The van der Waals surface area contributed by atoms with E-state index in [0.29, 0.717) is 28.6 Å². The van der Waals surface area contributed by atoms with Gasteiger partial charge in [0.25, 0.3) is 5.91 Å². The molecule has 1 aromatic rings. The van der Waals surface area contributed by atoms with Crippen LogP contribution in [-0.2, 0) is 4.79 Å². The van der Waals surface area contributed by atoms with E-state index in [9.17, 15) is 9.59 Å². The molecule has 3 N–H and O–H groups in total. The Morgan fingerprint density at radius 1 is 1.31 bits per heavy atom. The maximum absolute atomic E-state index is 12.6. The second kappa shape index (κ2) is 9.58. The van der Waals surface area contributed by atoms with Crippen molar-refractivity contribution >= 4 is 41.5 Å². The Bertz CT molecular complexity index is 644. The first-order valence-electron chi connectivity index (χ1n) is 8.77. The number of carbonyl (C=O) groups is 2. The third kappa shape index (κ3) is 6.78. The zero-order chi connectivity index (χ0) is 18.6. The first-order chi connectivity index (χ1) is 11.7. The van der Waals surface area contributed by atoms with Gasteiger partial charge in [-0.3, -0.25) is 9.59 Å². The van der Waals surface area contributed by atoms with Gasteiger partial charge in [-0.15, -0.1) is 12.4 Å². The first-order valence-corrected chi connectivity index (χ1v) is 9.14. The SMILES string of the molecule is CC1CCNCC1NC(=O)c1cc(NC(=O)CC(C)(C)C)ccc1Cl.Cl. The highest BCUT2D eigenvalue weighted by atomic mass is 35.5. The third-order valence-corrected chi connectivity index (χ3v) is 4.66. The van der Waals surface area contributed by atoms with Gasteiger partial charge in [0, 0.05) is 24.7 Å². The van der Waals surface area contributed by atoms with Gasteiger partial charge in [0.2, 0.25) is 5.91 Å². The second-order valence-corrected chi connectivity index (χ2v) is 8.44. The van der Waals surface area contributed by atoms with Gasteiger partial charge in [0.15, 0.2) is 0 Å². The standard InChI is InChI=1S/C19H28ClN3O2.ClH/c1-12-7-8-21-11-16(12)23-18(25)14-9-13(5-6-15(14)20)22-17(24)10-19(2,3)4;/h5-6,9,12,16,21H,7-8,10-11H2,1-4H3,(H,22,24)(H,23,25);1H. The predicted octanol–water partition coefficient (Wildman–Crippen LogP) is 3.86. The van der Waals surface area contributed by atoms with Crippen molar-refractivity contribution in [1.29, 1.82) is 0 Å². The summed E-state index contributed by atoms with van der Waals surface area (Å²) in [6.07, 6.45) is 1.43. The molecule has 0 spiro atoms. The van der Waals surface area contributed by atoms with Gasteiger partial charge in [-0.05, 0) is 42.5 Å². The summed E-state index contributed by atoms with van der Waals surface area (Å²) in [4.78, 5) is 24.7. The molecule has 1 aliphatic rings. The van der Waals surface area contributed by atoms with Gasteiger partial charge in [-0.2, -0.15) is 0 Å². The lowest BCUT2D eigenvalue weighted by molar-refractivity contribution is -0.117. The minimum absolute atomic E-state index is 0. The molecule has 2 rings (SSSR count). The van der Waals surface area contributed by atoms with E-state index in [1.807, 2.05) is 20.8 Å². The quantitative estimate of drug-likeness (QED) is 0.716. The first kappa shape index (κ1) is 22.7. The number of benzene rings is 1. The fourth-order valence-electron chi connectivity index (χ4n) is 2.89. The van der Waals surface area contributed by atoms with Crippen LogP contribution in [0, 0.1) is 11.3 Å². The Hall–Kier alpha value is -1.30. The highest BCUT2D eigenvalue weighted by molar-refractivity contribution is 6.34. The van der Waals surface area contributed by atoms with Crippen molar-refractivity contribution in [2.45, 2.75) is 46.6 Å². The number of hydrogen-bond acceptors (Lipinski definition) is 3. The van der Waals surface area contributed by atoms with Crippen LogP contribution in [0.15, 0.2) is 18.2 Å². The fraction of sp³-hybridized carbons (Fsp3) is 0.579. The van der Waals surface area contributed by atoms with Crippen LogP contribution in [0.4, 0.5) is 5.69 Å². The molecule has 146 valence electrons. The molecule has 7 heteroatoms. The van der Waals surface area contributed by atoms with Crippen molar-refractivity contribution in [2.75, 3.05) is 18.4 Å². The van der Waals surface area contributed by atoms with Crippen LogP contribution in [0.2, 0.25) is 5.02 Å². The van der Waals surface area contributed by atoms with Crippen molar-refractivity contribution in [2.24, 2.45) is 11.3 Å². The fourth-order valence-corrected chi connectivity index (χ4v) is 3.10. The molecule has 1 saturated heterocycles. The van der Waals surface area contributed by atoms with Crippen molar-refractivity contribution in [3.63, 3.8) is 0 Å². The third-order valence-electron chi connectivity index (χ3n) is 4.33. The van der Waals surface area contributed by atoms with E-state index in [1.165, 1.54) is 0 Å². The lowest BCUT2D eigenvalue weighted by Gasteiger charge is -2.30. The molecule has 2 unspecified atom stereocenters. The van der Waals surface area contributed by atoms with Crippen LogP contribution >= 0.6 is 24.0 Å². The van der Waals surface area contributed by atoms with E-state index in [4.69, 9.17) is 11.6 Å². The molecule has 1 aromatic carbocycles. The van der Waals surface area contributed by atoms with Gasteiger partial charge in [-0.25, -0.2) is 0 Å². The summed E-state index contributed by atoms with van der Waals surface area (Å²) in [6.45, 7) is 9.89. The Labute approximate surface area is 167 Å². The second-order valence-electron chi connectivity index (χ2n) is 8.03. The van der Waals surface area contributed by atoms with E-state index in [1.54, 1.807) is 18.2 Å². The minimum Gasteiger partial charge on any atom is -0.348 e. The predicted molar refractivity (Wildman–Crippen MR) is 109 cm³/mol. The van der Waals surface area contributed by atoms with E-state index in [2.05, 4.69) is 22.9 Å². The lowest BCUT2D eigenvalue weighted by atomic mass is 9.92. The zero-order valence-corrected chi connectivity index (χ0v) is 17.4. The van der Waals surface area contributed by atoms with Gasteiger partial charge in [0.1, 0.15) is 0 Å². The molecule has 0 radical (unpaired) electrons. The molecule has 5 nitrogen and oxygen atoms in total. The number of halogens is 2. The van der Waals surface area contributed by atoms with Crippen molar-refractivity contribution in [3.05, 3.63) is 28.8 Å². The summed E-state index contributed by atoms with van der Waals surface area (Å²) in [5, 5.41) is 9.56. The number of nitrogens with one attached hydrogen (secondary N) is 3. The van der Waals surface area contributed by atoms with Gasteiger partial charge in [-0.1, -0.05) is 39.3 Å². The number of piperidine rings is 1. The smallest absolute Gasteiger partial charge is 0.253 e. The number of amides is 2. The Balaban J connectivity index is 0.00000338. The monoisotopic (exact) mass is 401 g/mol. The lowest BCUT2D eigenvalue weighted by Crippen LogP contribution is -2.50. The number of rotatable bonds is 4. The topological polar surface area (TPSA) is 70.2 Å². The minimum atomic E-state index is -0.211.